The Labute approximate surface area is 172 Å². The third kappa shape index (κ3) is 3.51. The lowest BCUT2D eigenvalue weighted by molar-refractivity contribution is -0.120. The molecule has 2 fully saturated rings. The normalized spacial score (nSPS) is 22.1. The number of rotatable bonds is 4. The first-order valence-corrected chi connectivity index (χ1v) is 10.1. The van der Waals surface area contributed by atoms with Gasteiger partial charge in [-0.3, -0.25) is 19.4 Å². The van der Waals surface area contributed by atoms with E-state index in [4.69, 9.17) is 0 Å². The first-order valence-electron chi connectivity index (χ1n) is 10.1. The van der Waals surface area contributed by atoms with Crippen LogP contribution in [-0.4, -0.2) is 11.8 Å². The van der Waals surface area contributed by atoms with Gasteiger partial charge in [-0.15, -0.1) is 0 Å². The van der Waals surface area contributed by atoms with Gasteiger partial charge >= 0.3 is 0 Å². The Morgan fingerprint density at radius 2 is 1.07 bits per heavy atom. The van der Waals surface area contributed by atoms with Gasteiger partial charge in [0.25, 0.3) is 0 Å². The van der Waals surface area contributed by atoms with Crippen LogP contribution in [0.5, 0.6) is 0 Å². The molecule has 4 heteroatoms. The van der Waals surface area contributed by atoms with Crippen LogP contribution in [0, 0.1) is 11.8 Å². The molecular formula is C25H26N2O2. The zero-order chi connectivity index (χ0) is 20.7. The smallest absolute Gasteiger partial charge is 0.234 e. The van der Waals surface area contributed by atoms with Crippen LogP contribution in [0.15, 0.2) is 73.1 Å². The number of allylic oxidation sites excluding steroid dienone is 2. The molecule has 4 rings (SSSR count). The number of carbonyl (C=O) groups is 2. The average molecular weight is 386 g/mol. The summed E-state index contributed by atoms with van der Waals surface area (Å²) in [5.41, 5.74) is 5.81. The van der Waals surface area contributed by atoms with E-state index in [1.54, 1.807) is 9.80 Å². The Bertz CT molecular complexity index is 907. The summed E-state index contributed by atoms with van der Waals surface area (Å²) in [6, 6.07) is 16.2. The van der Waals surface area contributed by atoms with Gasteiger partial charge < -0.3 is 0 Å². The average Bonchev–Trinajstić information content (AvgIpc) is 3.10. The molecule has 2 aliphatic rings. The molecule has 2 saturated heterocycles. The van der Waals surface area contributed by atoms with E-state index in [1.165, 1.54) is 11.1 Å². The van der Waals surface area contributed by atoms with Crippen molar-refractivity contribution < 1.29 is 9.59 Å². The molecule has 0 spiro atoms. The molecule has 2 heterocycles. The molecule has 2 aliphatic heterocycles. The molecule has 0 bridgehead atoms. The Hall–Kier alpha value is -3.14. The van der Waals surface area contributed by atoms with Gasteiger partial charge in [0, 0.05) is 34.6 Å². The Balaban J connectivity index is 1.46. The molecule has 2 unspecified atom stereocenters. The van der Waals surface area contributed by atoms with Crippen LogP contribution >= 0.6 is 0 Å². The van der Waals surface area contributed by atoms with Crippen molar-refractivity contribution in [1.29, 1.82) is 0 Å². The largest absolute Gasteiger partial charge is 0.285 e. The van der Waals surface area contributed by atoms with Crippen LogP contribution in [0.1, 0.15) is 37.8 Å². The monoisotopic (exact) mass is 386 g/mol. The maximum Gasteiger partial charge on any atom is 0.234 e. The lowest BCUT2D eigenvalue weighted by Gasteiger charge is -2.19. The second kappa shape index (κ2) is 7.36. The Morgan fingerprint density at radius 3 is 1.34 bits per heavy atom. The molecule has 0 aromatic heterocycles. The van der Waals surface area contributed by atoms with E-state index in [2.05, 4.69) is 37.4 Å². The Kier molecular flexibility index (Phi) is 4.87. The Morgan fingerprint density at radius 1 is 0.724 bits per heavy atom. The standard InChI is InChI=1S/C25H26N2O2/c1-16-13-18(3)26(24(16)28)22-9-5-20(6-10-22)15-21-7-11-23(12-8-21)27-19(4)14-17(2)25(27)29/h5-12,16-17H,3-4,13-15H2,1-2H3. The van der Waals surface area contributed by atoms with Gasteiger partial charge in [0.15, 0.2) is 0 Å². The molecule has 0 saturated carbocycles. The molecule has 0 radical (unpaired) electrons. The number of anilines is 2. The van der Waals surface area contributed by atoms with E-state index in [1.807, 2.05) is 38.1 Å². The summed E-state index contributed by atoms with van der Waals surface area (Å²) < 4.78 is 0. The zero-order valence-corrected chi connectivity index (χ0v) is 17.0. The highest BCUT2D eigenvalue weighted by Gasteiger charge is 2.33. The summed E-state index contributed by atoms with van der Waals surface area (Å²) in [4.78, 5) is 28.1. The van der Waals surface area contributed by atoms with E-state index in [0.717, 1.165) is 42.0 Å². The highest BCUT2D eigenvalue weighted by atomic mass is 16.2. The number of nitrogens with zero attached hydrogens (tertiary/aromatic N) is 2. The third-order valence-corrected chi connectivity index (χ3v) is 5.80. The van der Waals surface area contributed by atoms with Crippen molar-refractivity contribution >= 4 is 23.2 Å². The molecule has 2 atom stereocenters. The fourth-order valence-electron chi connectivity index (χ4n) is 4.20. The lowest BCUT2D eigenvalue weighted by atomic mass is 10.0. The molecule has 2 aromatic rings. The summed E-state index contributed by atoms with van der Waals surface area (Å²) in [5.74, 6) is 0.237. The van der Waals surface area contributed by atoms with Crippen LogP contribution in [0.2, 0.25) is 0 Å². The first kappa shape index (κ1) is 19.2. The highest BCUT2D eigenvalue weighted by Crippen LogP contribution is 2.33. The van der Waals surface area contributed by atoms with Gasteiger partial charge in [-0.2, -0.15) is 0 Å². The molecule has 0 N–H and O–H groups in total. The maximum atomic E-state index is 12.3. The van der Waals surface area contributed by atoms with E-state index >= 15 is 0 Å². The molecule has 29 heavy (non-hydrogen) atoms. The van der Waals surface area contributed by atoms with Crippen LogP contribution in [-0.2, 0) is 16.0 Å². The highest BCUT2D eigenvalue weighted by molar-refractivity contribution is 6.01. The maximum absolute atomic E-state index is 12.3. The molecule has 148 valence electrons. The fraction of sp³-hybridized carbons (Fsp3) is 0.280. The minimum atomic E-state index is 0.00208. The SMILES string of the molecule is C=C1CC(C)C(=O)N1c1ccc(Cc2ccc(N3C(=C)CC(C)C3=O)cc2)cc1. The van der Waals surface area contributed by atoms with Gasteiger partial charge in [-0.1, -0.05) is 51.3 Å². The number of benzene rings is 2. The number of hydrogen-bond acceptors (Lipinski definition) is 2. The van der Waals surface area contributed by atoms with Crippen molar-refractivity contribution in [3.63, 3.8) is 0 Å². The summed E-state index contributed by atoms with van der Waals surface area (Å²) in [7, 11) is 0. The van der Waals surface area contributed by atoms with Crippen LogP contribution in [0.25, 0.3) is 0 Å². The predicted molar refractivity (Wildman–Crippen MR) is 117 cm³/mol. The van der Waals surface area contributed by atoms with Crippen LogP contribution in [0.4, 0.5) is 11.4 Å². The molecule has 4 nitrogen and oxygen atoms in total. The second-order valence-corrected chi connectivity index (χ2v) is 8.20. The lowest BCUT2D eigenvalue weighted by Crippen LogP contribution is -2.24. The van der Waals surface area contributed by atoms with Gasteiger partial charge in [-0.25, -0.2) is 0 Å². The van der Waals surface area contributed by atoms with Gasteiger partial charge in [-0.05, 0) is 54.7 Å². The summed E-state index contributed by atoms with van der Waals surface area (Å²) in [6.45, 7) is 11.9. The minimum absolute atomic E-state index is 0.00208. The zero-order valence-electron chi connectivity index (χ0n) is 17.0. The quantitative estimate of drug-likeness (QED) is 0.738. The number of carbonyl (C=O) groups excluding carboxylic acids is 2. The van der Waals surface area contributed by atoms with E-state index < -0.39 is 0 Å². The van der Waals surface area contributed by atoms with Crippen molar-refractivity contribution in [2.24, 2.45) is 11.8 Å². The van der Waals surface area contributed by atoms with Gasteiger partial charge in [0.2, 0.25) is 11.8 Å². The third-order valence-electron chi connectivity index (χ3n) is 5.80. The molecular weight excluding hydrogens is 360 g/mol. The summed E-state index contributed by atoms with van der Waals surface area (Å²) in [5, 5.41) is 0. The molecule has 2 aromatic carbocycles. The predicted octanol–water partition coefficient (Wildman–Crippen LogP) is 5.05. The molecule has 0 aliphatic carbocycles. The van der Waals surface area contributed by atoms with Crippen molar-refractivity contribution in [3.8, 4) is 0 Å². The van der Waals surface area contributed by atoms with Crippen LogP contribution in [0.3, 0.4) is 0 Å². The second-order valence-electron chi connectivity index (χ2n) is 8.20. The van der Waals surface area contributed by atoms with E-state index in [9.17, 15) is 9.59 Å². The van der Waals surface area contributed by atoms with Crippen LogP contribution < -0.4 is 9.80 Å². The van der Waals surface area contributed by atoms with Crippen molar-refractivity contribution in [2.45, 2.75) is 33.1 Å². The first-order chi connectivity index (χ1) is 13.8. The number of hydrogen-bond donors (Lipinski definition) is 0. The van der Waals surface area contributed by atoms with Crippen molar-refractivity contribution in [1.82, 2.24) is 0 Å². The number of amides is 2. The topological polar surface area (TPSA) is 40.6 Å². The van der Waals surface area contributed by atoms with Gasteiger partial charge in [0.1, 0.15) is 0 Å². The van der Waals surface area contributed by atoms with E-state index in [0.29, 0.717) is 0 Å². The fourth-order valence-corrected chi connectivity index (χ4v) is 4.20. The minimum Gasteiger partial charge on any atom is -0.285 e. The van der Waals surface area contributed by atoms with E-state index in [-0.39, 0.29) is 23.7 Å². The summed E-state index contributed by atoms with van der Waals surface area (Å²) >= 11 is 0. The van der Waals surface area contributed by atoms with Crippen molar-refractivity contribution in [2.75, 3.05) is 9.80 Å². The molecule has 2 amide bonds. The van der Waals surface area contributed by atoms with Gasteiger partial charge in [0.05, 0.1) is 0 Å². The summed E-state index contributed by atoms with van der Waals surface area (Å²) in [6.07, 6.45) is 2.23. The van der Waals surface area contributed by atoms with Crippen molar-refractivity contribution in [3.05, 3.63) is 84.2 Å².